The van der Waals surface area contributed by atoms with Crippen molar-refractivity contribution in [1.82, 2.24) is 9.88 Å². The summed E-state index contributed by atoms with van der Waals surface area (Å²) >= 11 is 8.96. The molecule has 1 aromatic heterocycles. The first-order valence-corrected chi connectivity index (χ1v) is 16.6. The Balaban J connectivity index is 1.11. The highest BCUT2D eigenvalue weighted by Gasteiger charge is 2.69. The Morgan fingerprint density at radius 1 is 1.02 bits per heavy atom. The number of nitrogens with zero attached hydrogens (tertiary/aromatic N) is 2. The van der Waals surface area contributed by atoms with Crippen molar-refractivity contribution in [2.75, 3.05) is 37.8 Å². The quantitative estimate of drug-likeness (QED) is 0.421. The predicted octanol–water partition coefficient (Wildman–Crippen LogP) is 4.01. The topological polar surface area (TPSA) is 109 Å². The Hall–Kier alpha value is -3.12. The van der Waals surface area contributed by atoms with Gasteiger partial charge >= 0.3 is 4.87 Å². The van der Waals surface area contributed by atoms with E-state index in [1.165, 1.54) is 16.2 Å². The number of benzene rings is 2. The SMILES string of the molecule is O=C(COc1cccc([C@H]2c3sc(=O)[nH]c3SC3C4CC(C5C(=O)N(c6ccc(Cl)cc6)C(=O)C45)C32)c1)N1CCOCC1. The number of carbonyl (C=O) groups is 3. The second-order valence-electron chi connectivity index (χ2n) is 11.8. The van der Waals surface area contributed by atoms with Crippen molar-refractivity contribution >= 4 is 58.1 Å². The summed E-state index contributed by atoms with van der Waals surface area (Å²) in [4.78, 5) is 60.0. The molecule has 0 radical (unpaired) electrons. The summed E-state index contributed by atoms with van der Waals surface area (Å²) in [6.07, 6.45) is 0.809. The van der Waals surface area contributed by atoms with Gasteiger partial charge in [0.1, 0.15) is 5.75 Å². The number of amides is 3. The van der Waals surface area contributed by atoms with E-state index in [0.717, 1.165) is 21.9 Å². The molecule has 2 saturated heterocycles. The molecule has 12 heteroatoms. The standard InChI is InChI=1S/C31H28ClN3O6S2/c32-16-4-6-17(7-5-16)35-29(37)24-19-13-20(25(24)30(35)38)26-23(19)22(27-28(42-26)33-31(39)43-27)15-2-1-3-18(12-15)41-14-21(36)34-8-10-40-11-9-34/h1-7,12,19-20,22-26H,8-11,13-14H2,(H,33,39)/t19?,20?,22-,23?,24?,25?,26?/m1/s1. The van der Waals surface area contributed by atoms with Crippen LogP contribution in [-0.4, -0.2) is 65.8 Å². The number of rotatable bonds is 5. The molecule has 2 bridgehead atoms. The van der Waals surface area contributed by atoms with Gasteiger partial charge in [-0.15, -0.1) is 11.8 Å². The fourth-order valence-corrected chi connectivity index (χ4v) is 11.1. The fraction of sp³-hybridized carbons (Fsp3) is 0.419. The molecule has 2 aromatic carbocycles. The number of thioether (sulfide) groups is 1. The van der Waals surface area contributed by atoms with E-state index < -0.39 is 0 Å². The summed E-state index contributed by atoms with van der Waals surface area (Å²) in [5, 5.41) is 1.49. The zero-order chi connectivity index (χ0) is 29.4. The normalized spacial score (nSPS) is 30.8. The maximum atomic E-state index is 13.9. The number of hydrogen-bond acceptors (Lipinski definition) is 8. The maximum absolute atomic E-state index is 13.9. The van der Waals surface area contributed by atoms with Crippen molar-refractivity contribution < 1.29 is 23.9 Å². The van der Waals surface area contributed by atoms with Gasteiger partial charge in [-0.1, -0.05) is 35.1 Å². The lowest BCUT2D eigenvalue weighted by Crippen LogP contribution is -2.43. The lowest BCUT2D eigenvalue weighted by molar-refractivity contribution is -0.137. The average molecular weight is 638 g/mol. The molecular formula is C31H28ClN3O6S2. The molecule has 4 fully saturated rings. The average Bonchev–Trinajstić information content (AvgIpc) is 3.76. The number of thiazole rings is 1. The molecule has 4 heterocycles. The molecule has 222 valence electrons. The zero-order valence-corrected chi connectivity index (χ0v) is 25.3. The second kappa shape index (κ2) is 10.5. The van der Waals surface area contributed by atoms with Crippen molar-refractivity contribution in [2.24, 2.45) is 29.6 Å². The van der Waals surface area contributed by atoms with Crippen LogP contribution in [0.15, 0.2) is 58.4 Å². The van der Waals surface area contributed by atoms with Crippen molar-refractivity contribution in [3.63, 3.8) is 0 Å². The Labute approximate surface area is 260 Å². The first-order chi connectivity index (χ1) is 20.9. The van der Waals surface area contributed by atoms with Crippen LogP contribution in [-0.2, 0) is 19.1 Å². The minimum Gasteiger partial charge on any atom is -0.484 e. The molecule has 5 aliphatic rings. The lowest BCUT2D eigenvalue weighted by Gasteiger charge is -2.43. The van der Waals surface area contributed by atoms with Crippen LogP contribution in [0.1, 0.15) is 22.8 Å². The summed E-state index contributed by atoms with van der Waals surface area (Å²) in [6, 6.07) is 14.6. The number of ether oxygens (including phenoxy) is 2. The smallest absolute Gasteiger partial charge is 0.305 e. The summed E-state index contributed by atoms with van der Waals surface area (Å²) < 4.78 is 11.3. The third-order valence-corrected chi connectivity index (χ3v) is 12.6. The van der Waals surface area contributed by atoms with Gasteiger partial charge in [-0.05, 0) is 66.1 Å². The van der Waals surface area contributed by atoms with Gasteiger partial charge in [-0.3, -0.25) is 24.1 Å². The van der Waals surface area contributed by atoms with E-state index in [4.69, 9.17) is 21.1 Å². The second-order valence-corrected chi connectivity index (χ2v) is 14.4. The van der Waals surface area contributed by atoms with Gasteiger partial charge in [0, 0.05) is 34.2 Å². The van der Waals surface area contributed by atoms with Crippen LogP contribution in [0.3, 0.4) is 0 Å². The van der Waals surface area contributed by atoms with E-state index in [0.29, 0.717) is 42.8 Å². The number of imide groups is 1. The van der Waals surface area contributed by atoms with E-state index in [2.05, 4.69) is 4.98 Å². The van der Waals surface area contributed by atoms with E-state index >= 15 is 0 Å². The van der Waals surface area contributed by atoms with Crippen LogP contribution in [0.5, 0.6) is 5.75 Å². The highest BCUT2D eigenvalue weighted by molar-refractivity contribution is 8.00. The number of halogens is 1. The number of H-pyrrole nitrogens is 1. The van der Waals surface area contributed by atoms with Crippen LogP contribution in [0, 0.1) is 29.6 Å². The zero-order valence-electron chi connectivity index (χ0n) is 22.9. The molecule has 3 aliphatic heterocycles. The fourth-order valence-electron chi connectivity index (χ4n) is 8.08. The Bertz CT molecular complexity index is 1680. The van der Waals surface area contributed by atoms with Crippen molar-refractivity contribution in [3.05, 3.63) is 73.7 Å². The number of hydrogen-bond donors (Lipinski definition) is 1. The summed E-state index contributed by atoms with van der Waals surface area (Å²) in [5.41, 5.74) is 1.54. The van der Waals surface area contributed by atoms with Crippen LogP contribution >= 0.6 is 34.7 Å². The van der Waals surface area contributed by atoms with E-state index in [1.807, 2.05) is 24.3 Å². The molecule has 6 unspecified atom stereocenters. The molecule has 1 N–H and O–H groups in total. The molecule has 2 saturated carbocycles. The molecule has 7 atom stereocenters. The number of anilines is 1. The van der Waals surface area contributed by atoms with Crippen molar-refractivity contribution in [1.29, 1.82) is 0 Å². The predicted molar refractivity (Wildman–Crippen MR) is 162 cm³/mol. The van der Waals surface area contributed by atoms with E-state index in [9.17, 15) is 19.2 Å². The van der Waals surface area contributed by atoms with E-state index in [1.54, 1.807) is 40.9 Å². The largest absolute Gasteiger partial charge is 0.484 e. The van der Waals surface area contributed by atoms with Gasteiger partial charge in [-0.2, -0.15) is 0 Å². The summed E-state index contributed by atoms with van der Waals surface area (Å²) in [5.74, 6) is -0.551. The number of morpholine rings is 1. The maximum Gasteiger partial charge on any atom is 0.305 e. The van der Waals surface area contributed by atoms with Crippen LogP contribution in [0.2, 0.25) is 5.02 Å². The third-order valence-electron chi connectivity index (χ3n) is 9.75. The summed E-state index contributed by atoms with van der Waals surface area (Å²) in [6.45, 7) is 2.11. The molecule has 43 heavy (non-hydrogen) atoms. The third kappa shape index (κ3) is 4.38. The molecular weight excluding hydrogens is 610 g/mol. The van der Waals surface area contributed by atoms with Gasteiger partial charge in [-0.25, -0.2) is 0 Å². The minimum absolute atomic E-state index is 0.00377. The molecule has 3 amide bonds. The molecule has 9 nitrogen and oxygen atoms in total. The van der Waals surface area contributed by atoms with Crippen LogP contribution < -0.4 is 14.5 Å². The highest BCUT2D eigenvalue weighted by atomic mass is 35.5. The number of aromatic nitrogens is 1. The van der Waals surface area contributed by atoms with Gasteiger partial charge in [0.25, 0.3) is 5.91 Å². The monoisotopic (exact) mass is 637 g/mol. The van der Waals surface area contributed by atoms with Gasteiger partial charge in [0.15, 0.2) is 6.61 Å². The lowest BCUT2D eigenvalue weighted by atomic mass is 9.68. The number of carbonyl (C=O) groups excluding carboxylic acids is 3. The van der Waals surface area contributed by atoms with Crippen molar-refractivity contribution in [3.8, 4) is 5.75 Å². The number of fused-ring (bicyclic) bond motifs is 9. The highest BCUT2D eigenvalue weighted by Crippen LogP contribution is 2.68. The minimum atomic E-state index is -0.389. The van der Waals surface area contributed by atoms with Crippen molar-refractivity contribution in [2.45, 2.75) is 22.6 Å². The first kappa shape index (κ1) is 27.4. The first-order valence-electron chi connectivity index (χ1n) is 14.5. The summed E-state index contributed by atoms with van der Waals surface area (Å²) in [7, 11) is 0. The number of aromatic amines is 1. The molecule has 0 spiro atoms. The molecule has 2 aliphatic carbocycles. The Kier molecular flexibility index (Phi) is 6.70. The van der Waals surface area contributed by atoms with Crippen LogP contribution in [0.4, 0.5) is 5.69 Å². The van der Waals surface area contributed by atoms with Gasteiger partial charge < -0.3 is 19.4 Å². The van der Waals surface area contributed by atoms with Gasteiger partial charge in [0.2, 0.25) is 11.8 Å². The van der Waals surface area contributed by atoms with Crippen LogP contribution in [0.25, 0.3) is 0 Å². The van der Waals surface area contributed by atoms with E-state index in [-0.39, 0.29) is 70.0 Å². The molecule has 3 aromatic rings. The molecule has 8 rings (SSSR count). The number of nitrogens with one attached hydrogen (secondary N) is 1. The Morgan fingerprint density at radius 3 is 2.53 bits per heavy atom. The Morgan fingerprint density at radius 2 is 1.77 bits per heavy atom. The van der Waals surface area contributed by atoms with Gasteiger partial charge in [0.05, 0.1) is 35.8 Å².